The van der Waals surface area contributed by atoms with Crippen LogP contribution in [0.4, 0.5) is 0 Å². The first-order valence-corrected chi connectivity index (χ1v) is 14.9. The van der Waals surface area contributed by atoms with Crippen molar-refractivity contribution in [2.24, 2.45) is 11.7 Å². The standard InChI is InChI=1S/C32H38N8O2/c1-17-6-10-24(33)16-38(17)32(41)23-13-27-35-30(20(4)40(27)28(14-23)42-5)26-12-22-9-11-25(29-18(2)36-37-19(29)3)34-31(22)39(26)15-21-7-8-21/h9,11-14,17,21,24H,6-8,10,15-16,33H2,1-5H3,(H,36,37)/t17-,24+/m0/s1. The first kappa shape index (κ1) is 26.7. The number of hydrogen-bond acceptors (Lipinski definition) is 6. The van der Waals surface area contributed by atoms with Crippen molar-refractivity contribution in [3.8, 4) is 28.5 Å². The Balaban J connectivity index is 1.36. The zero-order chi connectivity index (χ0) is 29.3. The summed E-state index contributed by atoms with van der Waals surface area (Å²) in [6, 6.07) is 10.2. The summed E-state index contributed by atoms with van der Waals surface area (Å²) in [5, 5.41) is 8.55. The van der Waals surface area contributed by atoms with Gasteiger partial charge in [-0.3, -0.25) is 14.3 Å². The Morgan fingerprint density at radius 3 is 2.62 bits per heavy atom. The Bertz CT molecular complexity index is 1820. The first-order chi connectivity index (χ1) is 20.2. The molecule has 0 spiro atoms. The molecule has 0 aromatic carbocycles. The number of nitrogens with zero attached hydrogens (tertiary/aromatic N) is 6. The molecule has 2 atom stereocenters. The number of nitrogens with two attached hydrogens (primary N) is 1. The number of fused-ring (bicyclic) bond motifs is 2. The largest absolute Gasteiger partial charge is 0.482 e. The fourth-order valence-corrected chi connectivity index (χ4v) is 6.51. The molecular formula is C32H38N8O2. The highest BCUT2D eigenvalue weighted by atomic mass is 16.5. The van der Waals surface area contributed by atoms with Gasteiger partial charge in [-0.2, -0.15) is 5.10 Å². The highest BCUT2D eigenvalue weighted by Crippen LogP contribution is 2.38. The third-order valence-corrected chi connectivity index (χ3v) is 9.06. The third kappa shape index (κ3) is 4.36. The van der Waals surface area contributed by atoms with Crippen LogP contribution in [0.25, 0.3) is 39.3 Å². The van der Waals surface area contributed by atoms with Crippen molar-refractivity contribution in [3.63, 3.8) is 0 Å². The Morgan fingerprint density at radius 2 is 1.90 bits per heavy atom. The number of carbonyl (C=O) groups is 1. The van der Waals surface area contributed by atoms with Gasteiger partial charge in [0.2, 0.25) is 0 Å². The van der Waals surface area contributed by atoms with E-state index >= 15 is 0 Å². The summed E-state index contributed by atoms with van der Waals surface area (Å²) in [5.41, 5.74) is 15.2. The van der Waals surface area contributed by atoms with E-state index < -0.39 is 0 Å². The zero-order valence-electron chi connectivity index (χ0n) is 24.9. The molecule has 1 saturated carbocycles. The molecule has 0 unspecified atom stereocenters. The van der Waals surface area contributed by atoms with E-state index in [4.69, 9.17) is 20.4 Å². The monoisotopic (exact) mass is 566 g/mol. The summed E-state index contributed by atoms with van der Waals surface area (Å²) in [6.45, 7) is 9.63. The Morgan fingerprint density at radius 1 is 1.10 bits per heavy atom. The van der Waals surface area contributed by atoms with Crippen molar-refractivity contribution in [1.29, 1.82) is 0 Å². The number of ether oxygens (including phenoxy) is 1. The minimum absolute atomic E-state index is 0.0000941. The van der Waals surface area contributed by atoms with Gasteiger partial charge in [0.15, 0.2) is 5.88 Å². The van der Waals surface area contributed by atoms with E-state index in [-0.39, 0.29) is 18.0 Å². The van der Waals surface area contributed by atoms with Crippen molar-refractivity contribution in [2.75, 3.05) is 13.7 Å². The Kier molecular flexibility index (Phi) is 6.34. The van der Waals surface area contributed by atoms with Crippen LogP contribution in [0.15, 0.2) is 30.3 Å². The van der Waals surface area contributed by atoms with Crippen LogP contribution in [0, 0.1) is 26.7 Å². The van der Waals surface area contributed by atoms with Crippen LogP contribution in [0.5, 0.6) is 5.88 Å². The van der Waals surface area contributed by atoms with Crippen LogP contribution in [-0.4, -0.2) is 65.7 Å². The van der Waals surface area contributed by atoms with Gasteiger partial charge in [0.1, 0.15) is 17.0 Å². The minimum Gasteiger partial charge on any atom is -0.482 e. The molecule has 2 aliphatic rings. The number of amides is 1. The lowest BCUT2D eigenvalue weighted by Gasteiger charge is -2.36. The van der Waals surface area contributed by atoms with Crippen molar-refractivity contribution in [1.82, 2.24) is 34.0 Å². The topological polar surface area (TPSA) is 119 Å². The molecule has 6 heterocycles. The van der Waals surface area contributed by atoms with Crippen LogP contribution in [-0.2, 0) is 6.54 Å². The predicted octanol–water partition coefficient (Wildman–Crippen LogP) is 5.04. The molecule has 0 bridgehead atoms. The van der Waals surface area contributed by atoms with Gasteiger partial charge in [-0.05, 0) is 83.6 Å². The van der Waals surface area contributed by atoms with E-state index in [9.17, 15) is 4.79 Å². The van der Waals surface area contributed by atoms with E-state index in [0.29, 0.717) is 29.6 Å². The van der Waals surface area contributed by atoms with Crippen LogP contribution in [0.2, 0.25) is 0 Å². The number of hydrogen-bond donors (Lipinski definition) is 2. The number of imidazole rings is 1. The Hall–Kier alpha value is -4.18. The number of methoxy groups -OCH3 is 1. The number of rotatable bonds is 6. The highest BCUT2D eigenvalue weighted by molar-refractivity contribution is 5.96. The molecule has 7 rings (SSSR count). The van der Waals surface area contributed by atoms with Crippen molar-refractivity contribution < 1.29 is 9.53 Å². The van der Waals surface area contributed by atoms with Crippen LogP contribution >= 0.6 is 0 Å². The number of piperidine rings is 1. The normalized spacial score (nSPS) is 19.2. The number of nitrogens with one attached hydrogen (secondary N) is 1. The molecule has 10 nitrogen and oxygen atoms in total. The zero-order valence-corrected chi connectivity index (χ0v) is 24.9. The molecule has 1 amide bonds. The van der Waals surface area contributed by atoms with Gasteiger partial charge in [0.05, 0.1) is 29.9 Å². The van der Waals surface area contributed by atoms with Gasteiger partial charge in [-0.25, -0.2) is 9.97 Å². The summed E-state index contributed by atoms with van der Waals surface area (Å²) in [7, 11) is 1.64. The summed E-state index contributed by atoms with van der Waals surface area (Å²) in [6.07, 6.45) is 4.28. The fourth-order valence-electron chi connectivity index (χ4n) is 6.51. The van der Waals surface area contributed by atoms with Crippen LogP contribution in [0.1, 0.15) is 60.0 Å². The van der Waals surface area contributed by atoms with Gasteiger partial charge in [-0.1, -0.05) is 0 Å². The maximum Gasteiger partial charge on any atom is 0.254 e. The quantitative estimate of drug-likeness (QED) is 0.297. The molecule has 1 aliphatic heterocycles. The smallest absolute Gasteiger partial charge is 0.254 e. The van der Waals surface area contributed by atoms with E-state index in [2.05, 4.69) is 46.8 Å². The molecule has 3 N–H and O–H groups in total. The van der Waals surface area contributed by atoms with E-state index in [1.54, 1.807) is 7.11 Å². The fraction of sp³-hybridized carbons (Fsp3) is 0.438. The SMILES string of the molecule is COc1cc(C(=O)N2C[C@H](N)CC[C@@H]2C)cc2nc(-c3cc4ccc(-c5c(C)n[nH]c5C)nc4n3CC3CC3)c(C)n12. The van der Waals surface area contributed by atoms with Gasteiger partial charge < -0.3 is 19.9 Å². The molecular weight excluding hydrogens is 528 g/mol. The minimum atomic E-state index is -0.0370. The number of aromatic amines is 1. The first-order valence-electron chi connectivity index (χ1n) is 14.9. The summed E-state index contributed by atoms with van der Waals surface area (Å²) >= 11 is 0. The van der Waals surface area contributed by atoms with E-state index in [0.717, 1.165) is 70.1 Å². The number of likely N-dealkylation sites (tertiary alicyclic amines) is 1. The van der Waals surface area contributed by atoms with Crippen LogP contribution < -0.4 is 10.5 Å². The molecule has 1 saturated heterocycles. The van der Waals surface area contributed by atoms with Crippen molar-refractivity contribution in [3.05, 3.63) is 53.0 Å². The molecule has 2 fully saturated rings. The number of H-pyrrole nitrogens is 1. The second-order valence-electron chi connectivity index (χ2n) is 12.2. The molecule has 5 aromatic heterocycles. The maximum absolute atomic E-state index is 13.7. The highest BCUT2D eigenvalue weighted by Gasteiger charge is 2.30. The number of carbonyl (C=O) groups excluding carboxylic acids is 1. The molecule has 10 heteroatoms. The molecule has 0 radical (unpaired) electrons. The van der Waals surface area contributed by atoms with Crippen LogP contribution in [0.3, 0.4) is 0 Å². The van der Waals surface area contributed by atoms with Crippen molar-refractivity contribution >= 4 is 22.6 Å². The lowest BCUT2D eigenvalue weighted by molar-refractivity contribution is 0.0612. The van der Waals surface area contributed by atoms with Gasteiger partial charge in [0, 0.05) is 53.4 Å². The number of aromatic nitrogens is 6. The van der Waals surface area contributed by atoms with Crippen molar-refractivity contribution in [2.45, 2.75) is 72.0 Å². The van der Waals surface area contributed by atoms with E-state index in [1.807, 2.05) is 35.3 Å². The lowest BCUT2D eigenvalue weighted by Crippen LogP contribution is -2.50. The molecule has 5 aromatic rings. The third-order valence-electron chi connectivity index (χ3n) is 9.06. The molecule has 42 heavy (non-hydrogen) atoms. The van der Waals surface area contributed by atoms with Gasteiger partial charge in [-0.15, -0.1) is 0 Å². The van der Waals surface area contributed by atoms with Gasteiger partial charge >= 0.3 is 0 Å². The average Bonchev–Trinajstić information content (AvgIpc) is 3.53. The average molecular weight is 567 g/mol. The van der Waals surface area contributed by atoms with E-state index in [1.165, 1.54) is 12.8 Å². The summed E-state index contributed by atoms with van der Waals surface area (Å²) in [4.78, 5) is 25.8. The molecule has 1 aliphatic carbocycles. The predicted molar refractivity (Wildman–Crippen MR) is 163 cm³/mol. The second kappa shape index (κ2) is 9.97. The Labute approximate surface area is 244 Å². The number of aryl methyl sites for hydroxylation is 3. The summed E-state index contributed by atoms with van der Waals surface area (Å²) in [5.74, 6) is 1.18. The lowest BCUT2D eigenvalue weighted by atomic mass is 9.99. The van der Waals surface area contributed by atoms with Gasteiger partial charge in [0.25, 0.3) is 5.91 Å². The summed E-state index contributed by atoms with van der Waals surface area (Å²) < 4.78 is 10.1. The maximum atomic E-state index is 13.7. The number of pyridine rings is 2. The molecule has 218 valence electrons. The second-order valence-corrected chi connectivity index (χ2v) is 12.2.